The third-order valence-electron chi connectivity index (χ3n) is 4.27. The van der Waals surface area contributed by atoms with E-state index in [1.54, 1.807) is 18.3 Å². The van der Waals surface area contributed by atoms with Gasteiger partial charge in [-0.2, -0.15) is 10.2 Å². The summed E-state index contributed by atoms with van der Waals surface area (Å²) in [4.78, 5) is 14.5. The van der Waals surface area contributed by atoms with Crippen LogP contribution in [0.5, 0.6) is 0 Å². The second kappa shape index (κ2) is 6.98. The Hall–Kier alpha value is -1.79. The first-order chi connectivity index (χ1) is 10.8. The number of rotatable bonds is 5. The van der Waals surface area contributed by atoms with E-state index < -0.39 is 0 Å². The Morgan fingerprint density at radius 3 is 3.14 bits per heavy atom. The predicted octanol–water partition coefficient (Wildman–Crippen LogP) is 1.44. The molecule has 2 fully saturated rings. The van der Waals surface area contributed by atoms with Gasteiger partial charge in [-0.3, -0.25) is 4.79 Å². The number of aromatic nitrogens is 2. The van der Waals surface area contributed by atoms with Crippen LogP contribution in [-0.2, 0) is 9.47 Å². The molecule has 0 saturated carbocycles. The fourth-order valence-electron chi connectivity index (χ4n) is 3.24. The molecule has 3 atom stereocenters. The monoisotopic (exact) mass is 303 g/mol. The molecule has 1 amide bonds. The maximum Gasteiger partial charge on any atom is 0.255 e. The van der Waals surface area contributed by atoms with Gasteiger partial charge < -0.3 is 14.4 Å². The van der Waals surface area contributed by atoms with Crippen LogP contribution in [0.1, 0.15) is 29.6 Å². The van der Waals surface area contributed by atoms with Crippen molar-refractivity contribution in [3.8, 4) is 0 Å². The molecule has 0 aromatic carbocycles. The summed E-state index contributed by atoms with van der Waals surface area (Å²) in [5.41, 5.74) is 0.590. The average molecular weight is 303 g/mol. The Morgan fingerprint density at radius 2 is 2.36 bits per heavy atom. The summed E-state index contributed by atoms with van der Waals surface area (Å²) < 4.78 is 11.6. The molecule has 1 aromatic heterocycles. The summed E-state index contributed by atoms with van der Waals surface area (Å²) in [5.74, 6) is 0.0207. The fourth-order valence-corrected chi connectivity index (χ4v) is 3.24. The van der Waals surface area contributed by atoms with Crippen molar-refractivity contribution in [1.82, 2.24) is 15.1 Å². The largest absolute Gasteiger partial charge is 0.375 e. The highest BCUT2D eigenvalue weighted by Gasteiger charge is 2.42. The van der Waals surface area contributed by atoms with Crippen molar-refractivity contribution < 1.29 is 14.3 Å². The highest BCUT2D eigenvalue weighted by Crippen LogP contribution is 2.32. The Morgan fingerprint density at radius 1 is 1.45 bits per heavy atom. The van der Waals surface area contributed by atoms with Crippen molar-refractivity contribution in [2.45, 2.75) is 37.5 Å². The lowest BCUT2D eigenvalue weighted by atomic mass is 9.99. The van der Waals surface area contributed by atoms with Gasteiger partial charge in [-0.1, -0.05) is 6.08 Å². The van der Waals surface area contributed by atoms with Gasteiger partial charge in [0.1, 0.15) is 0 Å². The summed E-state index contributed by atoms with van der Waals surface area (Å²) in [5, 5.41) is 7.50. The van der Waals surface area contributed by atoms with Crippen molar-refractivity contribution in [2.75, 3.05) is 19.8 Å². The van der Waals surface area contributed by atoms with Gasteiger partial charge in [0.25, 0.3) is 5.91 Å². The third kappa shape index (κ3) is 3.18. The SMILES string of the molecule is C=CCOC[C@H]1CC[C@H]2[C@H](CCN2C(=O)c2ccnnc2)O1. The van der Waals surface area contributed by atoms with Gasteiger partial charge in [0.05, 0.1) is 49.4 Å². The van der Waals surface area contributed by atoms with E-state index in [4.69, 9.17) is 9.47 Å². The summed E-state index contributed by atoms with van der Waals surface area (Å²) in [6, 6.07) is 1.87. The average Bonchev–Trinajstić information content (AvgIpc) is 2.98. The van der Waals surface area contributed by atoms with E-state index in [1.165, 1.54) is 6.20 Å². The number of carbonyl (C=O) groups is 1. The zero-order valence-corrected chi connectivity index (χ0v) is 12.6. The van der Waals surface area contributed by atoms with Gasteiger partial charge in [-0.15, -0.1) is 6.58 Å². The van der Waals surface area contributed by atoms with Gasteiger partial charge >= 0.3 is 0 Å². The molecule has 0 N–H and O–H groups in total. The van der Waals surface area contributed by atoms with Crippen molar-refractivity contribution in [3.63, 3.8) is 0 Å². The van der Waals surface area contributed by atoms with Crippen LogP contribution >= 0.6 is 0 Å². The zero-order valence-electron chi connectivity index (χ0n) is 12.6. The van der Waals surface area contributed by atoms with Crippen LogP contribution in [0.25, 0.3) is 0 Å². The number of ether oxygens (including phenoxy) is 2. The van der Waals surface area contributed by atoms with E-state index in [2.05, 4.69) is 16.8 Å². The first-order valence-electron chi connectivity index (χ1n) is 7.71. The van der Waals surface area contributed by atoms with Crippen LogP contribution in [0, 0.1) is 0 Å². The smallest absolute Gasteiger partial charge is 0.255 e. The lowest BCUT2D eigenvalue weighted by Crippen LogP contribution is -2.46. The molecule has 3 heterocycles. The molecular formula is C16H21N3O3. The van der Waals surface area contributed by atoms with E-state index in [-0.39, 0.29) is 24.2 Å². The summed E-state index contributed by atoms with van der Waals surface area (Å²) >= 11 is 0. The highest BCUT2D eigenvalue weighted by molar-refractivity contribution is 5.94. The lowest BCUT2D eigenvalue weighted by molar-refractivity contribution is -0.0937. The standard InChI is InChI=1S/C16H21N3O3/c1-2-9-21-11-13-3-4-14-15(22-13)6-8-19(14)16(20)12-5-7-17-18-10-12/h2,5,7,10,13-15H,1,3-4,6,8-9,11H2/t13-,14+,15+/m1/s1. The molecule has 1 aromatic rings. The molecule has 0 aliphatic carbocycles. The molecule has 22 heavy (non-hydrogen) atoms. The predicted molar refractivity (Wildman–Crippen MR) is 80.4 cm³/mol. The molecule has 6 nitrogen and oxygen atoms in total. The molecule has 6 heteroatoms. The molecule has 0 radical (unpaired) electrons. The molecule has 0 spiro atoms. The van der Waals surface area contributed by atoms with Crippen molar-refractivity contribution in [2.24, 2.45) is 0 Å². The number of likely N-dealkylation sites (tertiary alicyclic amines) is 1. The molecule has 118 valence electrons. The van der Waals surface area contributed by atoms with Gasteiger partial charge in [0.2, 0.25) is 0 Å². The minimum Gasteiger partial charge on any atom is -0.375 e. The van der Waals surface area contributed by atoms with Gasteiger partial charge in [0, 0.05) is 6.54 Å². The van der Waals surface area contributed by atoms with E-state index >= 15 is 0 Å². The van der Waals surface area contributed by atoms with Gasteiger partial charge in [0.15, 0.2) is 0 Å². The van der Waals surface area contributed by atoms with Crippen molar-refractivity contribution in [3.05, 3.63) is 36.7 Å². The number of hydrogen-bond acceptors (Lipinski definition) is 5. The number of carbonyl (C=O) groups excluding carboxylic acids is 1. The minimum absolute atomic E-state index is 0.0207. The zero-order chi connectivity index (χ0) is 15.4. The maximum atomic E-state index is 12.6. The van der Waals surface area contributed by atoms with Crippen LogP contribution in [-0.4, -0.2) is 59.0 Å². The Kier molecular flexibility index (Phi) is 4.80. The number of amides is 1. The first kappa shape index (κ1) is 15.1. The number of nitrogens with zero attached hydrogens (tertiary/aromatic N) is 3. The molecule has 2 saturated heterocycles. The fraction of sp³-hybridized carbons (Fsp3) is 0.562. The highest BCUT2D eigenvalue weighted by atomic mass is 16.5. The van der Waals surface area contributed by atoms with Crippen molar-refractivity contribution >= 4 is 5.91 Å². The van der Waals surface area contributed by atoms with E-state index in [9.17, 15) is 4.79 Å². The van der Waals surface area contributed by atoms with E-state index in [0.29, 0.717) is 18.8 Å². The van der Waals surface area contributed by atoms with Crippen LogP contribution in [0.4, 0.5) is 0 Å². The number of hydrogen-bond donors (Lipinski definition) is 0. The Bertz CT molecular complexity index is 523. The normalized spacial score (nSPS) is 27.5. The molecule has 2 aliphatic rings. The molecule has 3 rings (SSSR count). The van der Waals surface area contributed by atoms with Gasteiger partial charge in [-0.05, 0) is 25.3 Å². The molecule has 0 bridgehead atoms. The Balaban J connectivity index is 1.58. The maximum absolute atomic E-state index is 12.6. The van der Waals surface area contributed by atoms with Crippen LogP contribution in [0.2, 0.25) is 0 Å². The quantitative estimate of drug-likeness (QED) is 0.608. The van der Waals surface area contributed by atoms with Crippen LogP contribution < -0.4 is 0 Å². The van der Waals surface area contributed by atoms with Crippen LogP contribution in [0.15, 0.2) is 31.1 Å². The summed E-state index contributed by atoms with van der Waals surface area (Å²) in [6.07, 6.45) is 7.80. The number of fused-ring (bicyclic) bond motifs is 1. The van der Waals surface area contributed by atoms with E-state index in [0.717, 1.165) is 25.8 Å². The van der Waals surface area contributed by atoms with E-state index in [1.807, 2.05) is 4.90 Å². The first-order valence-corrected chi connectivity index (χ1v) is 7.71. The third-order valence-corrected chi connectivity index (χ3v) is 4.27. The second-order valence-corrected chi connectivity index (χ2v) is 5.69. The summed E-state index contributed by atoms with van der Waals surface area (Å²) in [6.45, 7) is 5.51. The summed E-state index contributed by atoms with van der Waals surface area (Å²) in [7, 11) is 0. The molecule has 0 unspecified atom stereocenters. The van der Waals surface area contributed by atoms with Crippen molar-refractivity contribution in [1.29, 1.82) is 0 Å². The molecule has 2 aliphatic heterocycles. The topological polar surface area (TPSA) is 64.5 Å². The minimum atomic E-state index is 0.0207. The van der Waals surface area contributed by atoms with Crippen LogP contribution in [0.3, 0.4) is 0 Å². The second-order valence-electron chi connectivity index (χ2n) is 5.69. The van der Waals surface area contributed by atoms with Gasteiger partial charge in [-0.25, -0.2) is 0 Å². The molecular weight excluding hydrogens is 282 g/mol. The lowest BCUT2D eigenvalue weighted by Gasteiger charge is -2.35. The Labute approximate surface area is 130 Å².